The molecule has 1 N–H and O–H groups in total. The summed E-state index contributed by atoms with van der Waals surface area (Å²) in [6, 6.07) is 8.88. The molecule has 0 saturated carbocycles. The summed E-state index contributed by atoms with van der Waals surface area (Å²) in [4.78, 5) is 23.4. The fourth-order valence-electron chi connectivity index (χ4n) is 1.84. The van der Waals surface area contributed by atoms with E-state index in [-0.39, 0.29) is 10.7 Å². The number of aryl methyl sites for hydroxylation is 1. The van der Waals surface area contributed by atoms with Gasteiger partial charge in [-0.3, -0.25) is 4.79 Å². The molecule has 0 fully saturated rings. The number of halogens is 3. The summed E-state index contributed by atoms with van der Waals surface area (Å²) in [5.41, 5.74) is 1.89. The molecule has 2 rings (SSSR count). The van der Waals surface area contributed by atoms with Crippen molar-refractivity contribution in [2.45, 2.75) is 6.92 Å². The molecule has 0 aliphatic heterocycles. The topological polar surface area (TPSA) is 55.4 Å². The lowest BCUT2D eigenvalue weighted by molar-refractivity contribution is -0.142. The number of hydrogen-bond donors (Lipinski definition) is 1. The first kappa shape index (κ1) is 19.0. The van der Waals surface area contributed by atoms with Crippen molar-refractivity contribution >= 4 is 46.8 Å². The van der Waals surface area contributed by atoms with Gasteiger partial charge in [0.25, 0.3) is 5.91 Å². The Morgan fingerprint density at radius 1 is 1.16 bits per heavy atom. The van der Waals surface area contributed by atoms with Gasteiger partial charge in [0.05, 0.1) is 10.7 Å². The van der Waals surface area contributed by atoms with Crippen molar-refractivity contribution in [2.75, 3.05) is 11.9 Å². The molecule has 7 heteroatoms. The molecule has 0 radical (unpaired) electrons. The monoisotopic (exact) mass is 381 g/mol. The Hall–Kier alpha value is -2.37. The second kappa shape index (κ2) is 8.65. The normalized spacial score (nSPS) is 10.7. The summed E-state index contributed by atoms with van der Waals surface area (Å²) in [5, 5.41) is 3.06. The summed E-state index contributed by atoms with van der Waals surface area (Å²) in [6.45, 7) is 1.38. The molecular formula is C18H14Cl2FNO3. The van der Waals surface area contributed by atoms with Crippen molar-refractivity contribution in [1.82, 2.24) is 0 Å². The average molecular weight is 382 g/mol. The Morgan fingerprint density at radius 2 is 1.92 bits per heavy atom. The van der Waals surface area contributed by atoms with Crippen LogP contribution in [0.1, 0.15) is 11.1 Å². The fourth-order valence-corrected chi connectivity index (χ4v) is 2.24. The van der Waals surface area contributed by atoms with Crippen LogP contribution in [0.5, 0.6) is 0 Å². The predicted octanol–water partition coefficient (Wildman–Crippen LogP) is 4.64. The number of carbonyl (C=O) groups excluding carboxylic acids is 2. The summed E-state index contributed by atoms with van der Waals surface area (Å²) in [5.74, 6) is -1.79. The van der Waals surface area contributed by atoms with Crippen LogP contribution in [0.15, 0.2) is 42.5 Å². The number of carbonyl (C=O) groups is 2. The minimum absolute atomic E-state index is 0.0517. The number of hydrogen-bond acceptors (Lipinski definition) is 3. The molecule has 130 valence electrons. The van der Waals surface area contributed by atoms with Crippen LogP contribution in [0.3, 0.4) is 0 Å². The summed E-state index contributed by atoms with van der Waals surface area (Å²) >= 11 is 11.8. The number of amides is 1. The maximum atomic E-state index is 12.9. The van der Waals surface area contributed by atoms with Crippen LogP contribution in [0.4, 0.5) is 10.1 Å². The number of nitrogens with one attached hydrogen (secondary N) is 1. The molecule has 0 atom stereocenters. The highest BCUT2D eigenvalue weighted by atomic mass is 35.5. The van der Waals surface area contributed by atoms with Gasteiger partial charge in [-0.25, -0.2) is 9.18 Å². The highest BCUT2D eigenvalue weighted by Crippen LogP contribution is 2.22. The Morgan fingerprint density at radius 3 is 2.60 bits per heavy atom. The molecular weight excluding hydrogens is 368 g/mol. The third-order valence-corrected chi connectivity index (χ3v) is 3.88. The van der Waals surface area contributed by atoms with E-state index < -0.39 is 24.3 Å². The second-order valence-electron chi connectivity index (χ2n) is 5.12. The van der Waals surface area contributed by atoms with Gasteiger partial charge in [-0.2, -0.15) is 0 Å². The van der Waals surface area contributed by atoms with Gasteiger partial charge in [-0.05, 0) is 48.4 Å². The van der Waals surface area contributed by atoms with Gasteiger partial charge in [0.2, 0.25) is 0 Å². The smallest absolute Gasteiger partial charge is 0.331 e. The van der Waals surface area contributed by atoms with E-state index in [2.05, 4.69) is 5.32 Å². The largest absolute Gasteiger partial charge is 0.452 e. The molecule has 4 nitrogen and oxygen atoms in total. The number of ether oxygens (including phenoxy) is 1. The molecule has 2 aromatic rings. The molecule has 0 heterocycles. The predicted molar refractivity (Wildman–Crippen MR) is 96.2 cm³/mol. The van der Waals surface area contributed by atoms with Crippen LogP contribution in [-0.2, 0) is 14.3 Å². The van der Waals surface area contributed by atoms with Gasteiger partial charge in [-0.15, -0.1) is 0 Å². The number of anilines is 1. The van der Waals surface area contributed by atoms with Gasteiger partial charge in [0, 0.05) is 11.1 Å². The van der Waals surface area contributed by atoms with Gasteiger partial charge in [-0.1, -0.05) is 35.3 Å². The number of benzene rings is 2. The van der Waals surface area contributed by atoms with Crippen LogP contribution in [-0.4, -0.2) is 18.5 Å². The highest BCUT2D eigenvalue weighted by molar-refractivity contribution is 6.33. The lowest BCUT2D eigenvalue weighted by Gasteiger charge is -2.07. The lowest BCUT2D eigenvalue weighted by atomic mass is 10.1. The first-order valence-electron chi connectivity index (χ1n) is 7.21. The van der Waals surface area contributed by atoms with Crippen LogP contribution in [0, 0.1) is 12.7 Å². The van der Waals surface area contributed by atoms with Crippen molar-refractivity contribution in [3.8, 4) is 0 Å². The number of rotatable bonds is 5. The first-order valence-corrected chi connectivity index (χ1v) is 7.96. The maximum absolute atomic E-state index is 12.9. The molecule has 1 amide bonds. The van der Waals surface area contributed by atoms with Crippen molar-refractivity contribution in [3.63, 3.8) is 0 Å². The Kier molecular flexibility index (Phi) is 6.56. The van der Waals surface area contributed by atoms with Crippen molar-refractivity contribution < 1.29 is 18.7 Å². The Labute approximate surface area is 154 Å². The summed E-state index contributed by atoms with van der Waals surface area (Å²) in [6.07, 6.45) is 2.72. The minimum atomic E-state index is -0.683. The quantitative estimate of drug-likeness (QED) is 0.606. The van der Waals surface area contributed by atoms with E-state index >= 15 is 0 Å². The lowest BCUT2D eigenvalue weighted by Crippen LogP contribution is -2.20. The van der Waals surface area contributed by atoms with Crippen molar-refractivity contribution in [3.05, 3.63) is 69.5 Å². The van der Waals surface area contributed by atoms with E-state index in [0.29, 0.717) is 5.02 Å². The Bertz CT molecular complexity index is 837. The van der Waals surface area contributed by atoms with E-state index in [4.69, 9.17) is 27.9 Å². The highest BCUT2D eigenvalue weighted by Gasteiger charge is 2.09. The molecule has 0 unspecified atom stereocenters. The van der Waals surface area contributed by atoms with Crippen LogP contribution in [0.25, 0.3) is 6.08 Å². The molecule has 0 aliphatic rings. The van der Waals surface area contributed by atoms with Crippen LogP contribution in [0.2, 0.25) is 10.0 Å². The molecule has 0 aliphatic carbocycles. The summed E-state index contributed by atoms with van der Waals surface area (Å²) < 4.78 is 17.8. The standard InChI is InChI=1S/C18H14Cl2FNO3/c1-11-2-3-12(8-14(11)19)4-7-18(24)25-10-17(23)22-16-6-5-13(21)9-15(16)20/h2-9H,10H2,1H3,(H,22,23)/b7-4+. The molecule has 0 spiro atoms. The zero-order chi connectivity index (χ0) is 18.4. The van der Waals surface area contributed by atoms with E-state index in [0.717, 1.165) is 23.3 Å². The molecule has 0 bridgehead atoms. The maximum Gasteiger partial charge on any atom is 0.331 e. The Balaban J connectivity index is 1.85. The number of esters is 1. The van der Waals surface area contributed by atoms with Gasteiger partial charge >= 0.3 is 5.97 Å². The van der Waals surface area contributed by atoms with E-state index in [1.807, 2.05) is 13.0 Å². The zero-order valence-electron chi connectivity index (χ0n) is 13.2. The first-order chi connectivity index (χ1) is 11.8. The van der Waals surface area contributed by atoms with Gasteiger partial charge in [0.15, 0.2) is 6.61 Å². The van der Waals surface area contributed by atoms with E-state index in [9.17, 15) is 14.0 Å². The molecule has 0 saturated heterocycles. The average Bonchev–Trinajstić information content (AvgIpc) is 2.56. The summed E-state index contributed by atoms with van der Waals surface area (Å²) in [7, 11) is 0. The fraction of sp³-hybridized carbons (Fsp3) is 0.111. The SMILES string of the molecule is Cc1ccc(/C=C/C(=O)OCC(=O)Nc2ccc(F)cc2Cl)cc1Cl. The van der Waals surface area contributed by atoms with E-state index in [1.165, 1.54) is 18.2 Å². The van der Waals surface area contributed by atoms with Crippen LogP contribution < -0.4 is 5.32 Å². The minimum Gasteiger partial charge on any atom is -0.452 e. The molecule has 0 aromatic heterocycles. The molecule has 2 aromatic carbocycles. The molecule has 25 heavy (non-hydrogen) atoms. The van der Waals surface area contributed by atoms with E-state index in [1.54, 1.807) is 12.1 Å². The van der Waals surface area contributed by atoms with Crippen molar-refractivity contribution in [2.24, 2.45) is 0 Å². The van der Waals surface area contributed by atoms with Gasteiger partial charge in [0.1, 0.15) is 5.82 Å². The van der Waals surface area contributed by atoms with Gasteiger partial charge < -0.3 is 10.1 Å². The van der Waals surface area contributed by atoms with Crippen molar-refractivity contribution in [1.29, 1.82) is 0 Å². The third kappa shape index (κ3) is 5.89. The van der Waals surface area contributed by atoms with Crippen LogP contribution >= 0.6 is 23.2 Å². The second-order valence-corrected chi connectivity index (χ2v) is 5.94. The third-order valence-electron chi connectivity index (χ3n) is 3.16. The zero-order valence-corrected chi connectivity index (χ0v) is 14.7.